The van der Waals surface area contributed by atoms with E-state index in [1.54, 1.807) is 26.2 Å². The molecule has 2 atom stereocenters. The van der Waals surface area contributed by atoms with Gasteiger partial charge in [-0.2, -0.15) is 0 Å². The van der Waals surface area contributed by atoms with Crippen LogP contribution in [0.15, 0.2) is 74.4 Å². The van der Waals surface area contributed by atoms with Crippen molar-refractivity contribution in [1.29, 1.82) is 0 Å². The molecule has 8 heteroatoms. The molecule has 0 fully saturated rings. The van der Waals surface area contributed by atoms with Crippen LogP contribution in [0.25, 0.3) is 11.0 Å². The van der Waals surface area contributed by atoms with E-state index in [2.05, 4.69) is 5.32 Å². The Morgan fingerprint density at radius 1 is 1.05 bits per heavy atom. The first-order valence-corrected chi connectivity index (χ1v) is 12.9. The number of Topliss-reactive ketones (excluding diaryl/α,β-unsaturated/α-hetero) is 1. The maximum Gasteiger partial charge on any atom is 0.336 e. The van der Waals surface area contributed by atoms with Crippen LogP contribution >= 0.6 is 0 Å². The van der Waals surface area contributed by atoms with Crippen LogP contribution in [-0.2, 0) is 14.3 Å². The second-order valence-electron chi connectivity index (χ2n) is 9.87. The summed E-state index contributed by atoms with van der Waals surface area (Å²) >= 11 is 0. The summed E-state index contributed by atoms with van der Waals surface area (Å²) in [6.07, 6.45) is 2.09. The minimum Gasteiger partial charge on any atom is -0.493 e. The Balaban J connectivity index is 1.63. The number of methoxy groups -OCH3 is 2. The maximum atomic E-state index is 13.9. The highest BCUT2D eigenvalue weighted by Crippen LogP contribution is 2.46. The second kappa shape index (κ2) is 10.4. The van der Waals surface area contributed by atoms with E-state index in [4.69, 9.17) is 18.6 Å². The van der Waals surface area contributed by atoms with Crippen molar-refractivity contribution in [2.75, 3.05) is 20.8 Å². The summed E-state index contributed by atoms with van der Waals surface area (Å²) < 4.78 is 22.1. The number of rotatable bonds is 6. The number of carbonyl (C=O) groups is 2. The molecule has 1 aromatic heterocycles. The van der Waals surface area contributed by atoms with E-state index in [1.807, 2.05) is 38.1 Å². The van der Waals surface area contributed by atoms with Crippen molar-refractivity contribution in [3.05, 3.63) is 92.1 Å². The van der Waals surface area contributed by atoms with Crippen molar-refractivity contribution >= 4 is 22.7 Å². The van der Waals surface area contributed by atoms with Crippen LogP contribution in [0.4, 0.5) is 0 Å². The van der Waals surface area contributed by atoms with Gasteiger partial charge >= 0.3 is 5.97 Å². The first-order valence-electron chi connectivity index (χ1n) is 12.9. The number of carbonyl (C=O) groups excluding carboxylic acids is 2. The van der Waals surface area contributed by atoms with E-state index < -0.39 is 11.9 Å². The van der Waals surface area contributed by atoms with Gasteiger partial charge in [0.15, 0.2) is 22.7 Å². The van der Waals surface area contributed by atoms with Gasteiger partial charge in [0.1, 0.15) is 5.58 Å². The van der Waals surface area contributed by atoms with Crippen molar-refractivity contribution in [3.63, 3.8) is 0 Å². The number of allylic oxidation sites excluding steroid dienone is 3. The number of fused-ring (bicyclic) bond motifs is 1. The number of dihydropyridines is 1. The highest BCUT2D eigenvalue weighted by atomic mass is 16.5. The predicted octanol–water partition coefficient (Wildman–Crippen LogP) is 5.04. The molecule has 5 rings (SSSR count). The zero-order chi connectivity index (χ0) is 27.8. The molecule has 3 aromatic rings. The lowest BCUT2D eigenvalue weighted by Gasteiger charge is -2.36. The monoisotopic (exact) mass is 529 g/mol. The van der Waals surface area contributed by atoms with E-state index in [9.17, 15) is 14.4 Å². The first-order chi connectivity index (χ1) is 18.8. The third-order valence-electron chi connectivity index (χ3n) is 7.46. The van der Waals surface area contributed by atoms with Crippen molar-refractivity contribution in [2.45, 2.75) is 45.4 Å². The lowest BCUT2D eigenvalue weighted by molar-refractivity contribution is -0.136. The highest BCUT2D eigenvalue weighted by Gasteiger charge is 2.42. The summed E-state index contributed by atoms with van der Waals surface area (Å²) in [6, 6.07) is 11.1. The summed E-state index contributed by atoms with van der Waals surface area (Å²) in [6.45, 7) is 6.06. The van der Waals surface area contributed by atoms with Gasteiger partial charge in [0.25, 0.3) is 0 Å². The van der Waals surface area contributed by atoms with E-state index in [1.165, 1.54) is 13.4 Å². The number of hydrogen-bond acceptors (Lipinski definition) is 8. The molecule has 2 heterocycles. The summed E-state index contributed by atoms with van der Waals surface area (Å²) in [7, 11) is 2.87. The van der Waals surface area contributed by atoms with Crippen LogP contribution in [0.1, 0.15) is 55.2 Å². The predicted molar refractivity (Wildman–Crippen MR) is 146 cm³/mol. The van der Waals surface area contributed by atoms with E-state index in [0.29, 0.717) is 52.5 Å². The summed E-state index contributed by atoms with van der Waals surface area (Å²) in [5.74, 6) is -0.545. The van der Waals surface area contributed by atoms with E-state index >= 15 is 0 Å². The van der Waals surface area contributed by atoms with Gasteiger partial charge in [0.2, 0.25) is 0 Å². The van der Waals surface area contributed by atoms with Crippen molar-refractivity contribution in [3.8, 4) is 11.5 Å². The molecule has 8 nitrogen and oxygen atoms in total. The Kier molecular flexibility index (Phi) is 7.04. The minimum absolute atomic E-state index is 0.128. The maximum absolute atomic E-state index is 13.9. The molecule has 0 radical (unpaired) electrons. The van der Waals surface area contributed by atoms with E-state index in [0.717, 1.165) is 11.1 Å². The lowest BCUT2D eigenvalue weighted by Crippen LogP contribution is -2.37. The van der Waals surface area contributed by atoms with Gasteiger partial charge in [-0.3, -0.25) is 9.59 Å². The number of benzene rings is 2. The zero-order valence-corrected chi connectivity index (χ0v) is 22.7. The topological polar surface area (TPSA) is 104 Å². The molecule has 0 saturated carbocycles. The number of ketones is 1. The van der Waals surface area contributed by atoms with Gasteiger partial charge in [0.05, 0.1) is 44.0 Å². The Labute approximate surface area is 226 Å². The fraction of sp³-hybridized carbons (Fsp3) is 0.323. The van der Waals surface area contributed by atoms with E-state index in [-0.39, 0.29) is 34.7 Å². The van der Waals surface area contributed by atoms with Crippen molar-refractivity contribution in [1.82, 2.24) is 5.32 Å². The lowest BCUT2D eigenvalue weighted by atomic mass is 9.72. The summed E-state index contributed by atoms with van der Waals surface area (Å²) in [5.41, 5.74) is 4.08. The normalized spacial score (nSPS) is 19.1. The third kappa shape index (κ3) is 4.60. The molecule has 0 amide bonds. The third-order valence-corrected chi connectivity index (χ3v) is 7.46. The van der Waals surface area contributed by atoms with Crippen LogP contribution in [-0.4, -0.2) is 32.6 Å². The number of aryl methyl sites for hydroxylation is 1. The van der Waals surface area contributed by atoms with Crippen LogP contribution in [0.5, 0.6) is 11.5 Å². The van der Waals surface area contributed by atoms with Crippen LogP contribution in [0.2, 0.25) is 0 Å². The van der Waals surface area contributed by atoms with Gasteiger partial charge < -0.3 is 23.9 Å². The minimum atomic E-state index is -0.904. The fourth-order valence-corrected chi connectivity index (χ4v) is 5.64. The van der Waals surface area contributed by atoms with Gasteiger partial charge in [-0.05, 0) is 62.9 Å². The molecule has 1 N–H and O–H groups in total. The fourth-order valence-electron chi connectivity index (χ4n) is 5.64. The zero-order valence-electron chi connectivity index (χ0n) is 22.7. The Hall–Kier alpha value is -4.33. The average molecular weight is 530 g/mol. The molecule has 0 spiro atoms. The van der Waals surface area contributed by atoms with Gasteiger partial charge in [-0.25, -0.2) is 4.79 Å². The number of esters is 1. The summed E-state index contributed by atoms with van der Waals surface area (Å²) in [4.78, 5) is 40.6. The average Bonchev–Trinajstić information content (AvgIpc) is 2.92. The van der Waals surface area contributed by atoms with Crippen molar-refractivity contribution < 1.29 is 28.2 Å². The molecule has 0 saturated heterocycles. The standard InChI is InChI=1S/C31H31NO7/c1-6-38-25-10-8-18(14-26(25)36-4)19-12-22-29(23(33)13-19)28(27(17(3)32-22)31(35)37-5)21-15-39-24-9-7-16(2)11-20(24)30(21)34/h7-11,14-15,19,28,32H,6,12-13H2,1-5H3. The van der Waals surface area contributed by atoms with Gasteiger partial charge in [0, 0.05) is 29.0 Å². The van der Waals surface area contributed by atoms with Crippen molar-refractivity contribution in [2.24, 2.45) is 0 Å². The molecule has 1 aliphatic carbocycles. The Morgan fingerprint density at radius 3 is 2.56 bits per heavy atom. The smallest absolute Gasteiger partial charge is 0.336 e. The van der Waals surface area contributed by atoms with Crippen LogP contribution < -0.4 is 20.2 Å². The van der Waals surface area contributed by atoms with Crippen LogP contribution in [0.3, 0.4) is 0 Å². The molecule has 39 heavy (non-hydrogen) atoms. The molecular formula is C31H31NO7. The number of hydrogen-bond donors (Lipinski definition) is 1. The number of nitrogens with one attached hydrogen (secondary N) is 1. The summed E-state index contributed by atoms with van der Waals surface area (Å²) in [5, 5.41) is 3.69. The molecule has 2 aromatic carbocycles. The molecule has 2 aliphatic rings. The van der Waals surface area contributed by atoms with Crippen LogP contribution in [0, 0.1) is 6.92 Å². The quantitative estimate of drug-likeness (QED) is 0.443. The largest absolute Gasteiger partial charge is 0.493 e. The Bertz CT molecular complexity index is 1610. The molecular weight excluding hydrogens is 498 g/mol. The molecule has 0 bridgehead atoms. The number of ether oxygens (including phenoxy) is 3. The van der Waals surface area contributed by atoms with Gasteiger partial charge in [-0.1, -0.05) is 17.7 Å². The SMILES string of the molecule is CCOc1ccc(C2CC(=O)C3=C(C2)NC(C)=C(C(=O)OC)C3c2coc3ccc(C)cc3c2=O)cc1OC. The molecule has 2 unspecified atom stereocenters. The van der Waals surface area contributed by atoms with Gasteiger partial charge in [-0.15, -0.1) is 0 Å². The molecule has 202 valence electrons. The highest BCUT2D eigenvalue weighted by molar-refractivity contribution is 6.04. The first kappa shape index (κ1) is 26.3. The Morgan fingerprint density at radius 2 is 1.85 bits per heavy atom. The molecule has 1 aliphatic heterocycles. The second-order valence-corrected chi connectivity index (χ2v) is 9.87.